The van der Waals surface area contributed by atoms with Gasteiger partial charge in [0.2, 0.25) is 0 Å². The fourth-order valence-electron chi connectivity index (χ4n) is 1.93. The Morgan fingerprint density at radius 1 is 1.35 bits per heavy atom. The van der Waals surface area contributed by atoms with Crippen LogP contribution in [0.5, 0.6) is 5.75 Å². The highest BCUT2D eigenvalue weighted by molar-refractivity contribution is 5.49. The highest BCUT2D eigenvalue weighted by Crippen LogP contribution is 2.23. The van der Waals surface area contributed by atoms with Gasteiger partial charge in [-0.1, -0.05) is 13.8 Å². The monoisotopic (exact) mass is 232 g/mol. The molecule has 3 heteroatoms. The molecule has 0 saturated heterocycles. The minimum atomic E-state index is -0.525. The number of rotatable bonds is 5. The molecule has 3 nitrogen and oxygen atoms in total. The minimum absolute atomic E-state index is 0.477. The molecule has 1 aromatic rings. The fourth-order valence-corrected chi connectivity index (χ4v) is 1.93. The van der Waals surface area contributed by atoms with Crippen LogP contribution in [-0.4, -0.2) is 12.6 Å². The molecule has 1 rings (SSSR count). The average Bonchev–Trinajstić information content (AvgIpc) is 2.29. The topological polar surface area (TPSA) is 45.0 Å². The molecule has 0 heterocycles. The molecule has 1 unspecified atom stereocenters. The Hall–Kier alpha value is -1.69. The molecule has 0 radical (unpaired) electrons. The van der Waals surface area contributed by atoms with E-state index in [9.17, 15) is 5.26 Å². The van der Waals surface area contributed by atoms with Crippen molar-refractivity contribution in [3.05, 3.63) is 24.3 Å². The predicted molar refractivity (Wildman–Crippen MR) is 70.1 cm³/mol. The van der Waals surface area contributed by atoms with Gasteiger partial charge < -0.3 is 10.1 Å². The smallest absolute Gasteiger partial charge is 0.122 e. The number of hydrogen-bond donors (Lipinski definition) is 1. The summed E-state index contributed by atoms with van der Waals surface area (Å²) < 4.78 is 5.10. The predicted octanol–water partition coefficient (Wildman–Crippen LogP) is 3.44. The number of nitrogens with one attached hydrogen (secondary N) is 1. The van der Waals surface area contributed by atoms with Crippen LogP contribution in [0.3, 0.4) is 0 Å². The standard InChI is InChI=1S/C14H20N2O/c1-11(2)9-14(3,10-15)16-12-5-7-13(17-4)8-6-12/h5-8,11,16H,9H2,1-4H3. The Balaban J connectivity index is 2.77. The van der Waals surface area contributed by atoms with Gasteiger partial charge in [0.1, 0.15) is 11.3 Å². The van der Waals surface area contributed by atoms with Gasteiger partial charge in [-0.2, -0.15) is 5.26 Å². The molecule has 0 aliphatic heterocycles. The highest BCUT2D eigenvalue weighted by Gasteiger charge is 2.24. The molecule has 0 fully saturated rings. The molecule has 92 valence electrons. The number of methoxy groups -OCH3 is 1. The van der Waals surface area contributed by atoms with E-state index in [-0.39, 0.29) is 0 Å². The Morgan fingerprint density at radius 2 is 1.94 bits per heavy atom. The van der Waals surface area contributed by atoms with E-state index >= 15 is 0 Å². The maximum Gasteiger partial charge on any atom is 0.122 e. The molecule has 1 N–H and O–H groups in total. The van der Waals surface area contributed by atoms with Crippen molar-refractivity contribution in [2.24, 2.45) is 5.92 Å². The number of nitriles is 1. The van der Waals surface area contributed by atoms with Crippen LogP contribution < -0.4 is 10.1 Å². The van der Waals surface area contributed by atoms with Crippen molar-refractivity contribution in [2.75, 3.05) is 12.4 Å². The van der Waals surface area contributed by atoms with Gasteiger partial charge in [0, 0.05) is 5.69 Å². The summed E-state index contributed by atoms with van der Waals surface area (Å²) in [5, 5.41) is 12.5. The molecule has 1 aromatic carbocycles. The van der Waals surface area contributed by atoms with Crippen LogP contribution in [-0.2, 0) is 0 Å². The Bertz CT molecular complexity index is 392. The van der Waals surface area contributed by atoms with Crippen molar-refractivity contribution in [1.29, 1.82) is 5.26 Å². The van der Waals surface area contributed by atoms with Crippen LogP contribution in [0.25, 0.3) is 0 Å². The SMILES string of the molecule is COc1ccc(NC(C)(C#N)CC(C)C)cc1. The van der Waals surface area contributed by atoms with Gasteiger partial charge in [-0.15, -0.1) is 0 Å². The summed E-state index contributed by atoms with van der Waals surface area (Å²) >= 11 is 0. The normalized spacial score (nSPS) is 13.9. The lowest BCUT2D eigenvalue weighted by atomic mass is 9.92. The number of benzene rings is 1. The summed E-state index contributed by atoms with van der Waals surface area (Å²) in [4.78, 5) is 0. The van der Waals surface area contributed by atoms with Crippen molar-refractivity contribution >= 4 is 5.69 Å². The fraction of sp³-hybridized carbons (Fsp3) is 0.500. The van der Waals surface area contributed by atoms with Gasteiger partial charge in [-0.3, -0.25) is 0 Å². The molecule has 0 aliphatic carbocycles. The maximum absolute atomic E-state index is 9.26. The first-order valence-electron chi connectivity index (χ1n) is 5.82. The molecule has 0 saturated carbocycles. The van der Waals surface area contributed by atoms with Crippen LogP contribution in [0.1, 0.15) is 27.2 Å². The second-order valence-corrected chi connectivity index (χ2v) is 4.90. The summed E-state index contributed by atoms with van der Waals surface area (Å²) in [6, 6.07) is 9.96. The molecular weight excluding hydrogens is 212 g/mol. The molecular formula is C14H20N2O. The van der Waals surface area contributed by atoms with Crippen molar-refractivity contribution in [3.8, 4) is 11.8 Å². The Morgan fingerprint density at radius 3 is 2.35 bits per heavy atom. The first kappa shape index (κ1) is 13.4. The zero-order chi connectivity index (χ0) is 12.9. The minimum Gasteiger partial charge on any atom is -0.497 e. The van der Waals surface area contributed by atoms with E-state index in [0.717, 1.165) is 17.9 Å². The van der Waals surface area contributed by atoms with E-state index < -0.39 is 5.54 Å². The number of ether oxygens (including phenoxy) is 1. The summed E-state index contributed by atoms with van der Waals surface area (Å²) in [6.07, 6.45) is 0.815. The zero-order valence-corrected chi connectivity index (χ0v) is 10.9. The molecule has 0 aliphatic rings. The highest BCUT2D eigenvalue weighted by atomic mass is 16.5. The molecule has 0 amide bonds. The van der Waals surface area contributed by atoms with Crippen LogP contribution >= 0.6 is 0 Å². The lowest BCUT2D eigenvalue weighted by molar-refractivity contribution is 0.414. The van der Waals surface area contributed by atoms with E-state index in [4.69, 9.17) is 4.74 Å². The van der Waals surface area contributed by atoms with E-state index in [2.05, 4.69) is 25.2 Å². The molecule has 1 atom stereocenters. The maximum atomic E-state index is 9.26. The van der Waals surface area contributed by atoms with Crippen molar-refractivity contribution in [1.82, 2.24) is 0 Å². The molecule has 0 aromatic heterocycles. The Labute approximate surface area is 103 Å². The molecule has 0 bridgehead atoms. The summed E-state index contributed by atoms with van der Waals surface area (Å²) in [6.45, 7) is 6.16. The zero-order valence-electron chi connectivity index (χ0n) is 10.9. The van der Waals surface area contributed by atoms with Gasteiger partial charge in [0.05, 0.1) is 13.2 Å². The second kappa shape index (κ2) is 5.58. The van der Waals surface area contributed by atoms with Crippen molar-refractivity contribution < 1.29 is 4.74 Å². The lowest BCUT2D eigenvalue weighted by Gasteiger charge is -2.26. The van der Waals surface area contributed by atoms with Gasteiger partial charge in [-0.25, -0.2) is 0 Å². The Kier molecular flexibility index (Phi) is 4.39. The third-order valence-corrected chi connectivity index (χ3v) is 2.57. The number of anilines is 1. The van der Waals surface area contributed by atoms with Gasteiger partial charge in [0.25, 0.3) is 0 Å². The molecule has 17 heavy (non-hydrogen) atoms. The van der Waals surface area contributed by atoms with Crippen LogP contribution in [0.2, 0.25) is 0 Å². The lowest BCUT2D eigenvalue weighted by Crippen LogP contribution is -2.34. The largest absolute Gasteiger partial charge is 0.497 e. The first-order valence-corrected chi connectivity index (χ1v) is 5.82. The van der Waals surface area contributed by atoms with Crippen LogP contribution in [0, 0.1) is 17.2 Å². The van der Waals surface area contributed by atoms with Crippen molar-refractivity contribution in [3.63, 3.8) is 0 Å². The second-order valence-electron chi connectivity index (χ2n) is 4.90. The van der Waals surface area contributed by atoms with E-state index in [1.54, 1.807) is 7.11 Å². The van der Waals surface area contributed by atoms with Gasteiger partial charge in [0.15, 0.2) is 0 Å². The first-order chi connectivity index (χ1) is 7.99. The number of hydrogen-bond acceptors (Lipinski definition) is 3. The van der Waals surface area contributed by atoms with E-state index in [0.29, 0.717) is 5.92 Å². The number of nitrogens with zero attached hydrogens (tertiary/aromatic N) is 1. The van der Waals surface area contributed by atoms with Crippen LogP contribution in [0.4, 0.5) is 5.69 Å². The van der Waals surface area contributed by atoms with Gasteiger partial charge in [-0.05, 0) is 43.5 Å². The average molecular weight is 232 g/mol. The third kappa shape index (κ3) is 3.99. The van der Waals surface area contributed by atoms with Crippen molar-refractivity contribution in [2.45, 2.75) is 32.7 Å². The quantitative estimate of drug-likeness (QED) is 0.845. The molecule has 0 spiro atoms. The summed E-state index contributed by atoms with van der Waals surface area (Å²) in [7, 11) is 1.64. The summed E-state index contributed by atoms with van der Waals surface area (Å²) in [5.74, 6) is 1.29. The van der Waals surface area contributed by atoms with Crippen LogP contribution in [0.15, 0.2) is 24.3 Å². The van der Waals surface area contributed by atoms with Gasteiger partial charge >= 0.3 is 0 Å². The van der Waals surface area contributed by atoms with E-state index in [1.807, 2.05) is 31.2 Å². The summed E-state index contributed by atoms with van der Waals surface area (Å²) in [5.41, 5.74) is 0.415. The third-order valence-electron chi connectivity index (χ3n) is 2.57. The van der Waals surface area contributed by atoms with E-state index in [1.165, 1.54) is 0 Å².